The molecule has 1 aliphatic rings. The van der Waals surface area contributed by atoms with Crippen molar-refractivity contribution in [1.29, 1.82) is 0 Å². The Kier molecular flexibility index (Phi) is 4.77. The molecule has 0 amide bonds. The molecule has 140 valence electrons. The molecule has 7 nitrogen and oxygen atoms in total. The average Bonchev–Trinajstić information content (AvgIpc) is 2.70. The molecule has 0 radical (unpaired) electrons. The van der Waals surface area contributed by atoms with Gasteiger partial charge in [0.1, 0.15) is 6.33 Å². The summed E-state index contributed by atoms with van der Waals surface area (Å²) in [7, 11) is 3.40. The van der Waals surface area contributed by atoms with Gasteiger partial charge >= 0.3 is 0 Å². The Morgan fingerprint density at radius 1 is 1.07 bits per heavy atom. The van der Waals surface area contributed by atoms with Crippen molar-refractivity contribution in [2.45, 2.75) is 6.54 Å². The molecular weight excluding hydrogens is 342 g/mol. The topological polar surface area (TPSA) is 63.5 Å². The fourth-order valence-corrected chi connectivity index (χ4v) is 3.49. The number of aryl methyl sites for hydroxylation is 1. The summed E-state index contributed by atoms with van der Waals surface area (Å²) in [6, 6.07) is 9.96. The third-order valence-electron chi connectivity index (χ3n) is 5.09. The third-order valence-corrected chi connectivity index (χ3v) is 5.09. The highest BCUT2D eigenvalue weighted by atomic mass is 16.5. The minimum absolute atomic E-state index is 0.0402. The van der Waals surface area contributed by atoms with Gasteiger partial charge in [0.15, 0.2) is 0 Å². The molecule has 1 aliphatic heterocycles. The molecule has 27 heavy (non-hydrogen) atoms. The Hall–Kier alpha value is -2.93. The molecule has 4 rings (SSSR count). The van der Waals surface area contributed by atoms with E-state index in [4.69, 9.17) is 4.74 Å². The molecular formula is C20H23N5O2. The molecule has 0 saturated carbocycles. The second kappa shape index (κ2) is 7.36. The number of rotatable bonds is 4. The molecule has 0 atom stereocenters. The molecule has 0 unspecified atom stereocenters. The smallest absolute Gasteiger partial charge is 0.250 e. The lowest BCUT2D eigenvalue weighted by Crippen LogP contribution is -2.46. The van der Waals surface area contributed by atoms with E-state index in [1.165, 1.54) is 6.33 Å². The van der Waals surface area contributed by atoms with Gasteiger partial charge in [-0.3, -0.25) is 9.69 Å². The second-order valence-electron chi connectivity index (χ2n) is 6.83. The van der Waals surface area contributed by atoms with Crippen LogP contribution in [0.3, 0.4) is 0 Å². The summed E-state index contributed by atoms with van der Waals surface area (Å²) >= 11 is 0. The van der Waals surface area contributed by atoms with Gasteiger partial charge in [-0.25, -0.2) is 9.97 Å². The minimum atomic E-state index is 0.0402. The maximum absolute atomic E-state index is 11.8. The summed E-state index contributed by atoms with van der Waals surface area (Å²) in [4.78, 5) is 25.0. The maximum atomic E-state index is 11.8. The normalized spacial score (nSPS) is 15.3. The number of benzene rings is 1. The molecule has 0 bridgehead atoms. The number of piperazine rings is 1. The highest BCUT2D eigenvalue weighted by molar-refractivity contribution is 5.86. The van der Waals surface area contributed by atoms with Crippen LogP contribution in [-0.2, 0) is 13.6 Å². The summed E-state index contributed by atoms with van der Waals surface area (Å²) in [6.07, 6.45) is 3.36. The predicted molar refractivity (Wildman–Crippen MR) is 105 cm³/mol. The minimum Gasteiger partial charge on any atom is -0.480 e. The van der Waals surface area contributed by atoms with Crippen molar-refractivity contribution >= 4 is 16.6 Å². The number of anilines is 1. The monoisotopic (exact) mass is 365 g/mol. The highest BCUT2D eigenvalue weighted by Crippen LogP contribution is 2.27. The molecule has 3 heterocycles. The molecule has 7 heteroatoms. The lowest BCUT2D eigenvalue weighted by molar-refractivity contribution is 0.249. The van der Waals surface area contributed by atoms with Gasteiger partial charge in [0.2, 0.25) is 5.88 Å². The van der Waals surface area contributed by atoms with Gasteiger partial charge in [-0.05, 0) is 29.8 Å². The van der Waals surface area contributed by atoms with Gasteiger partial charge in [0.25, 0.3) is 5.56 Å². The first-order valence-corrected chi connectivity index (χ1v) is 9.05. The van der Waals surface area contributed by atoms with E-state index in [0.29, 0.717) is 5.88 Å². The number of nitrogens with zero attached hydrogens (tertiary/aromatic N) is 5. The molecule has 0 aliphatic carbocycles. The summed E-state index contributed by atoms with van der Waals surface area (Å²) in [5.41, 5.74) is 3.15. The lowest BCUT2D eigenvalue weighted by atomic mass is 10.1. The van der Waals surface area contributed by atoms with Crippen LogP contribution in [0.25, 0.3) is 10.9 Å². The zero-order chi connectivity index (χ0) is 18.8. The number of hydrogen-bond donors (Lipinski definition) is 0. The Morgan fingerprint density at radius 3 is 2.63 bits per heavy atom. The first-order chi connectivity index (χ1) is 13.1. The van der Waals surface area contributed by atoms with Crippen LogP contribution in [0.4, 0.5) is 5.69 Å². The van der Waals surface area contributed by atoms with Crippen molar-refractivity contribution in [3.05, 3.63) is 58.8 Å². The summed E-state index contributed by atoms with van der Waals surface area (Å²) in [5.74, 6) is 0.603. The Morgan fingerprint density at radius 2 is 1.89 bits per heavy atom. The first kappa shape index (κ1) is 17.5. The Bertz CT molecular complexity index is 1010. The van der Waals surface area contributed by atoms with Crippen LogP contribution in [-0.4, -0.2) is 52.7 Å². The van der Waals surface area contributed by atoms with Crippen molar-refractivity contribution in [2.24, 2.45) is 7.05 Å². The molecule has 1 aromatic carbocycles. The number of pyridine rings is 1. The standard InChI is InChI=1S/C20H23N5O2/c1-23-6-5-15(11-19(23)26)13-24-7-9-25(10-8-24)16-3-4-18-17(12-16)20(27-2)22-14-21-18/h3-6,11-12,14H,7-10,13H2,1-2H3. The van der Waals surface area contributed by atoms with Crippen molar-refractivity contribution in [2.75, 3.05) is 38.2 Å². The Labute approximate surface area is 157 Å². The molecule has 3 aromatic rings. The van der Waals surface area contributed by atoms with E-state index in [0.717, 1.165) is 54.9 Å². The van der Waals surface area contributed by atoms with Gasteiger partial charge in [0, 0.05) is 57.7 Å². The van der Waals surface area contributed by atoms with Crippen LogP contribution in [0.5, 0.6) is 5.88 Å². The van der Waals surface area contributed by atoms with Gasteiger partial charge in [-0.1, -0.05) is 0 Å². The van der Waals surface area contributed by atoms with Gasteiger partial charge in [-0.2, -0.15) is 0 Å². The summed E-state index contributed by atoms with van der Waals surface area (Å²) in [6.45, 7) is 4.59. The van der Waals surface area contributed by atoms with Crippen molar-refractivity contribution in [3.8, 4) is 5.88 Å². The van der Waals surface area contributed by atoms with Crippen LogP contribution < -0.4 is 15.2 Å². The zero-order valence-electron chi connectivity index (χ0n) is 15.6. The summed E-state index contributed by atoms with van der Waals surface area (Å²) in [5, 5.41) is 0.931. The van der Waals surface area contributed by atoms with E-state index in [9.17, 15) is 4.79 Å². The van der Waals surface area contributed by atoms with Gasteiger partial charge in [-0.15, -0.1) is 0 Å². The number of aromatic nitrogens is 3. The highest BCUT2D eigenvalue weighted by Gasteiger charge is 2.18. The van der Waals surface area contributed by atoms with Crippen LogP contribution in [0.1, 0.15) is 5.56 Å². The van der Waals surface area contributed by atoms with E-state index in [-0.39, 0.29) is 5.56 Å². The summed E-state index contributed by atoms with van der Waals surface area (Å²) < 4.78 is 6.96. The average molecular weight is 365 g/mol. The number of ether oxygens (including phenoxy) is 1. The molecule has 0 N–H and O–H groups in total. The van der Waals surface area contributed by atoms with E-state index in [2.05, 4.69) is 31.9 Å². The molecule has 1 saturated heterocycles. The first-order valence-electron chi connectivity index (χ1n) is 9.05. The fourth-order valence-electron chi connectivity index (χ4n) is 3.49. The zero-order valence-corrected chi connectivity index (χ0v) is 15.6. The number of methoxy groups -OCH3 is 1. The van der Waals surface area contributed by atoms with Gasteiger partial charge < -0.3 is 14.2 Å². The van der Waals surface area contributed by atoms with Crippen molar-refractivity contribution < 1.29 is 4.74 Å². The van der Waals surface area contributed by atoms with Crippen LogP contribution >= 0.6 is 0 Å². The van der Waals surface area contributed by atoms with Crippen LogP contribution in [0, 0.1) is 0 Å². The van der Waals surface area contributed by atoms with Gasteiger partial charge in [0.05, 0.1) is 18.0 Å². The number of fused-ring (bicyclic) bond motifs is 1. The van der Waals surface area contributed by atoms with Crippen molar-refractivity contribution in [3.63, 3.8) is 0 Å². The molecule has 2 aromatic heterocycles. The van der Waals surface area contributed by atoms with E-state index >= 15 is 0 Å². The van der Waals surface area contributed by atoms with E-state index in [1.54, 1.807) is 24.8 Å². The number of hydrogen-bond acceptors (Lipinski definition) is 6. The lowest BCUT2D eigenvalue weighted by Gasteiger charge is -2.36. The predicted octanol–water partition coefficient (Wildman–Crippen LogP) is 1.66. The van der Waals surface area contributed by atoms with E-state index < -0.39 is 0 Å². The quantitative estimate of drug-likeness (QED) is 0.701. The van der Waals surface area contributed by atoms with Crippen LogP contribution in [0.2, 0.25) is 0 Å². The van der Waals surface area contributed by atoms with Crippen LogP contribution in [0.15, 0.2) is 47.7 Å². The van der Waals surface area contributed by atoms with Crippen molar-refractivity contribution in [1.82, 2.24) is 19.4 Å². The largest absolute Gasteiger partial charge is 0.480 e. The van der Waals surface area contributed by atoms with E-state index in [1.807, 2.05) is 18.3 Å². The molecule has 0 spiro atoms. The fraction of sp³-hybridized carbons (Fsp3) is 0.350. The molecule has 1 fully saturated rings. The third kappa shape index (κ3) is 3.64. The maximum Gasteiger partial charge on any atom is 0.250 e. The SMILES string of the molecule is COc1ncnc2ccc(N3CCN(Cc4ccn(C)c(=O)c4)CC3)cc12. The Balaban J connectivity index is 1.45. The second-order valence-corrected chi connectivity index (χ2v) is 6.83.